The molecular formula is C15H14BrN3O2. The second-order valence-electron chi connectivity index (χ2n) is 4.07. The number of ether oxygens (including phenoxy) is 1. The number of benzene rings is 1. The number of carbonyl (C=O) groups is 1. The molecule has 0 atom stereocenters. The van der Waals surface area contributed by atoms with Crippen LogP contribution >= 0.6 is 15.9 Å². The lowest BCUT2D eigenvalue weighted by Crippen LogP contribution is -2.24. The van der Waals surface area contributed by atoms with Crippen LogP contribution in [0.3, 0.4) is 0 Å². The first-order valence-electron chi connectivity index (χ1n) is 6.17. The zero-order chi connectivity index (χ0) is 15.1. The number of urea groups is 1. The van der Waals surface area contributed by atoms with Gasteiger partial charge in [0.25, 0.3) is 0 Å². The van der Waals surface area contributed by atoms with Gasteiger partial charge in [0.2, 0.25) is 0 Å². The van der Waals surface area contributed by atoms with Crippen molar-refractivity contribution in [1.82, 2.24) is 10.3 Å². The first kappa shape index (κ1) is 15.1. The van der Waals surface area contributed by atoms with E-state index in [1.54, 1.807) is 37.7 Å². The summed E-state index contributed by atoms with van der Waals surface area (Å²) in [6, 6.07) is 10.7. The summed E-state index contributed by atoms with van der Waals surface area (Å²) in [6.45, 7) is 0. The Labute approximate surface area is 131 Å². The molecule has 6 heteroatoms. The minimum absolute atomic E-state index is 0.361. The van der Waals surface area contributed by atoms with E-state index in [0.717, 1.165) is 15.8 Å². The SMILES string of the molecule is COc1cccc(/C=C/NC(=O)Nc2cc(Br)ccn2)c1. The van der Waals surface area contributed by atoms with Crippen LogP contribution in [0.15, 0.2) is 53.3 Å². The van der Waals surface area contributed by atoms with E-state index in [0.29, 0.717) is 5.82 Å². The van der Waals surface area contributed by atoms with Crippen LogP contribution in [0.4, 0.5) is 10.6 Å². The number of pyridine rings is 1. The van der Waals surface area contributed by atoms with Crippen LogP contribution < -0.4 is 15.4 Å². The second-order valence-corrected chi connectivity index (χ2v) is 4.98. The molecule has 21 heavy (non-hydrogen) atoms. The first-order valence-corrected chi connectivity index (χ1v) is 6.96. The highest BCUT2D eigenvalue weighted by Gasteiger charge is 2.00. The van der Waals surface area contributed by atoms with E-state index in [2.05, 4.69) is 31.5 Å². The van der Waals surface area contributed by atoms with Crippen molar-refractivity contribution in [1.29, 1.82) is 0 Å². The molecule has 0 aliphatic carbocycles. The maximum absolute atomic E-state index is 11.7. The minimum Gasteiger partial charge on any atom is -0.497 e. The van der Waals surface area contributed by atoms with Crippen molar-refractivity contribution < 1.29 is 9.53 Å². The molecule has 1 heterocycles. The Bertz CT molecular complexity index is 659. The first-order chi connectivity index (χ1) is 10.2. The van der Waals surface area contributed by atoms with Crippen molar-refractivity contribution in [3.63, 3.8) is 0 Å². The Morgan fingerprint density at radius 1 is 1.33 bits per heavy atom. The van der Waals surface area contributed by atoms with Crippen LogP contribution in [-0.2, 0) is 0 Å². The number of methoxy groups -OCH3 is 1. The van der Waals surface area contributed by atoms with Crippen molar-refractivity contribution in [2.75, 3.05) is 12.4 Å². The van der Waals surface area contributed by atoms with E-state index in [4.69, 9.17) is 4.74 Å². The Kier molecular flexibility index (Phi) is 5.34. The van der Waals surface area contributed by atoms with Crippen LogP contribution in [0.5, 0.6) is 5.75 Å². The fourth-order valence-corrected chi connectivity index (χ4v) is 1.92. The molecule has 0 aliphatic heterocycles. The molecule has 0 radical (unpaired) electrons. The predicted octanol–water partition coefficient (Wildman–Crippen LogP) is 3.65. The molecule has 2 N–H and O–H groups in total. The normalized spacial score (nSPS) is 10.4. The predicted molar refractivity (Wildman–Crippen MR) is 86.1 cm³/mol. The number of nitrogens with zero attached hydrogens (tertiary/aromatic N) is 1. The van der Waals surface area contributed by atoms with Crippen molar-refractivity contribution in [3.05, 3.63) is 58.8 Å². The van der Waals surface area contributed by atoms with Gasteiger partial charge in [-0.25, -0.2) is 9.78 Å². The Balaban J connectivity index is 1.90. The Hall–Kier alpha value is -2.34. The molecule has 2 amide bonds. The van der Waals surface area contributed by atoms with E-state index in [1.807, 2.05) is 24.3 Å². The van der Waals surface area contributed by atoms with Gasteiger partial charge >= 0.3 is 6.03 Å². The van der Waals surface area contributed by atoms with Gasteiger partial charge in [-0.2, -0.15) is 0 Å². The van der Waals surface area contributed by atoms with E-state index >= 15 is 0 Å². The maximum Gasteiger partial charge on any atom is 0.324 e. The van der Waals surface area contributed by atoms with Gasteiger partial charge in [0.1, 0.15) is 11.6 Å². The van der Waals surface area contributed by atoms with Gasteiger partial charge in [-0.1, -0.05) is 28.1 Å². The number of halogens is 1. The molecule has 0 bridgehead atoms. The third-order valence-corrected chi connectivity index (χ3v) is 3.04. The van der Waals surface area contributed by atoms with Gasteiger partial charge in [-0.15, -0.1) is 0 Å². The van der Waals surface area contributed by atoms with Crippen LogP contribution in [0.2, 0.25) is 0 Å². The van der Waals surface area contributed by atoms with Gasteiger partial charge in [-0.05, 0) is 35.9 Å². The lowest BCUT2D eigenvalue weighted by Gasteiger charge is -2.04. The molecule has 2 rings (SSSR count). The van der Waals surface area contributed by atoms with Crippen LogP contribution in [-0.4, -0.2) is 18.1 Å². The highest BCUT2D eigenvalue weighted by Crippen LogP contribution is 2.14. The lowest BCUT2D eigenvalue weighted by atomic mass is 10.2. The van der Waals surface area contributed by atoms with Gasteiger partial charge in [0.15, 0.2) is 0 Å². The molecule has 0 unspecified atom stereocenters. The van der Waals surface area contributed by atoms with Crippen molar-refractivity contribution in [2.24, 2.45) is 0 Å². The Morgan fingerprint density at radius 2 is 2.19 bits per heavy atom. The molecule has 0 saturated carbocycles. The number of hydrogen-bond acceptors (Lipinski definition) is 3. The summed E-state index contributed by atoms with van der Waals surface area (Å²) < 4.78 is 5.97. The molecule has 1 aromatic heterocycles. The van der Waals surface area contributed by atoms with E-state index in [9.17, 15) is 4.79 Å². The number of hydrogen-bond donors (Lipinski definition) is 2. The van der Waals surface area contributed by atoms with Crippen LogP contribution in [0.1, 0.15) is 5.56 Å². The summed E-state index contributed by atoms with van der Waals surface area (Å²) in [5, 5.41) is 5.23. The highest BCUT2D eigenvalue weighted by atomic mass is 79.9. The van der Waals surface area contributed by atoms with Gasteiger partial charge < -0.3 is 10.1 Å². The average Bonchev–Trinajstić information content (AvgIpc) is 2.47. The summed E-state index contributed by atoms with van der Waals surface area (Å²) in [4.78, 5) is 15.7. The fourth-order valence-electron chi connectivity index (χ4n) is 1.58. The number of aromatic nitrogens is 1. The second kappa shape index (κ2) is 7.44. The molecule has 2 aromatic rings. The number of amides is 2. The fraction of sp³-hybridized carbons (Fsp3) is 0.0667. The van der Waals surface area contributed by atoms with Gasteiger partial charge in [0.05, 0.1) is 7.11 Å². The molecule has 0 aliphatic rings. The van der Waals surface area contributed by atoms with E-state index < -0.39 is 0 Å². The number of carbonyl (C=O) groups excluding carboxylic acids is 1. The summed E-state index contributed by atoms with van der Waals surface area (Å²) in [7, 11) is 1.61. The molecule has 0 fully saturated rings. The standard InChI is InChI=1S/C15H14BrN3O2/c1-21-13-4-2-3-11(9-13)5-7-18-15(20)19-14-10-12(16)6-8-17-14/h2-10H,1H3,(H2,17,18,19,20)/b7-5+. The smallest absolute Gasteiger partial charge is 0.324 e. The summed E-state index contributed by atoms with van der Waals surface area (Å²) in [5.74, 6) is 1.23. The summed E-state index contributed by atoms with van der Waals surface area (Å²) in [6.07, 6.45) is 4.93. The number of rotatable bonds is 4. The zero-order valence-electron chi connectivity index (χ0n) is 11.3. The van der Waals surface area contributed by atoms with Gasteiger partial charge in [0, 0.05) is 16.9 Å². The average molecular weight is 348 g/mol. The molecule has 0 saturated heterocycles. The minimum atomic E-state index is -0.361. The molecule has 108 valence electrons. The zero-order valence-corrected chi connectivity index (χ0v) is 12.9. The number of nitrogens with one attached hydrogen (secondary N) is 2. The van der Waals surface area contributed by atoms with Crippen molar-refractivity contribution in [3.8, 4) is 5.75 Å². The molecule has 0 spiro atoms. The summed E-state index contributed by atoms with van der Waals surface area (Å²) in [5.41, 5.74) is 0.926. The summed E-state index contributed by atoms with van der Waals surface area (Å²) >= 11 is 3.31. The largest absolute Gasteiger partial charge is 0.497 e. The topological polar surface area (TPSA) is 63.2 Å². The van der Waals surface area contributed by atoms with Gasteiger partial charge in [-0.3, -0.25) is 5.32 Å². The molecule has 5 nitrogen and oxygen atoms in total. The number of anilines is 1. The van der Waals surface area contributed by atoms with E-state index in [1.165, 1.54) is 0 Å². The van der Waals surface area contributed by atoms with Crippen molar-refractivity contribution in [2.45, 2.75) is 0 Å². The van der Waals surface area contributed by atoms with Crippen molar-refractivity contribution >= 4 is 33.9 Å². The van der Waals surface area contributed by atoms with E-state index in [-0.39, 0.29) is 6.03 Å². The molecule has 1 aromatic carbocycles. The third kappa shape index (κ3) is 4.92. The molecular weight excluding hydrogens is 334 g/mol. The third-order valence-electron chi connectivity index (χ3n) is 2.55. The highest BCUT2D eigenvalue weighted by molar-refractivity contribution is 9.10. The lowest BCUT2D eigenvalue weighted by molar-refractivity contribution is 0.255. The van der Waals surface area contributed by atoms with Crippen LogP contribution in [0.25, 0.3) is 6.08 Å². The quantitative estimate of drug-likeness (QED) is 0.887. The monoisotopic (exact) mass is 347 g/mol. The Morgan fingerprint density at radius 3 is 2.95 bits per heavy atom. The maximum atomic E-state index is 11.7. The van der Waals surface area contributed by atoms with Crippen LogP contribution in [0, 0.1) is 0 Å².